The molecule has 2 aromatic heterocycles. The molecule has 1 aliphatic carbocycles. The predicted octanol–water partition coefficient (Wildman–Crippen LogP) is 3.09. The van der Waals surface area contributed by atoms with Crippen LogP contribution in [0.15, 0.2) is 21.9 Å². The monoisotopic (exact) mass is 248 g/mol. The molecule has 17 heavy (non-hydrogen) atoms. The zero-order valence-corrected chi connectivity index (χ0v) is 10.7. The number of furan rings is 1. The summed E-state index contributed by atoms with van der Waals surface area (Å²) in [6.07, 6.45) is 3.62. The molecule has 2 N–H and O–H groups in total. The highest BCUT2D eigenvalue weighted by Crippen LogP contribution is 2.44. The number of thiazole rings is 1. The van der Waals surface area contributed by atoms with Crippen molar-refractivity contribution in [2.75, 3.05) is 6.54 Å². The van der Waals surface area contributed by atoms with E-state index < -0.39 is 0 Å². The second-order valence-corrected chi connectivity index (χ2v) is 5.64. The van der Waals surface area contributed by atoms with Crippen molar-refractivity contribution in [1.82, 2.24) is 4.98 Å². The second-order valence-electron chi connectivity index (χ2n) is 4.79. The molecule has 0 atom stereocenters. The SMILES string of the molecule is Cc1ccc(-c2csc(C3(CN)CCC3)n2)o1. The van der Waals surface area contributed by atoms with E-state index in [0.717, 1.165) is 17.2 Å². The number of rotatable bonds is 3. The molecule has 0 spiro atoms. The number of aromatic nitrogens is 1. The summed E-state index contributed by atoms with van der Waals surface area (Å²) in [5.74, 6) is 1.78. The van der Waals surface area contributed by atoms with Gasteiger partial charge in [0.1, 0.15) is 16.5 Å². The van der Waals surface area contributed by atoms with Crippen LogP contribution < -0.4 is 5.73 Å². The maximum atomic E-state index is 5.90. The summed E-state index contributed by atoms with van der Waals surface area (Å²) in [6, 6.07) is 3.94. The molecule has 1 aliphatic rings. The Morgan fingerprint density at radius 3 is 2.82 bits per heavy atom. The van der Waals surface area contributed by atoms with Gasteiger partial charge in [0.25, 0.3) is 0 Å². The summed E-state index contributed by atoms with van der Waals surface area (Å²) >= 11 is 1.71. The topological polar surface area (TPSA) is 52.0 Å². The first kappa shape index (κ1) is 11.0. The summed E-state index contributed by atoms with van der Waals surface area (Å²) in [4.78, 5) is 4.70. The fourth-order valence-electron chi connectivity index (χ4n) is 2.31. The largest absolute Gasteiger partial charge is 0.460 e. The molecule has 0 bridgehead atoms. The van der Waals surface area contributed by atoms with Crippen LogP contribution in [0.1, 0.15) is 30.0 Å². The van der Waals surface area contributed by atoms with Crippen molar-refractivity contribution in [2.24, 2.45) is 5.73 Å². The summed E-state index contributed by atoms with van der Waals surface area (Å²) < 4.78 is 5.59. The number of hydrogen-bond donors (Lipinski definition) is 1. The van der Waals surface area contributed by atoms with Crippen LogP contribution in [0, 0.1) is 6.92 Å². The summed E-state index contributed by atoms with van der Waals surface area (Å²) in [5.41, 5.74) is 7.00. The average molecular weight is 248 g/mol. The van der Waals surface area contributed by atoms with E-state index in [4.69, 9.17) is 15.1 Å². The van der Waals surface area contributed by atoms with Crippen LogP contribution in [0.4, 0.5) is 0 Å². The van der Waals surface area contributed by atoms with E-state index in [1.165, 1.54) is 24.3 Å². The predicted molar refractivity (Wildman–Crippen MR) is 69.1 cm³/mol. The lowest BCUT2D eigenvalue weighted by Gasteiger charge is -2.38. The molecule has 2 aromatic rings. The normalized spacial score (nSPS) is 18.0. The molecule has 0 radical (unpaired) electrons. The molecule has 1 saturated carbocycles. The van der Waals surface area contributed by atoms with Gasteiger partial charge in [-0.2, -0.15) is 0 Å². The van der Waals surface area contributed by atoms with Gasteiger partial charge in [-0.15, -0.1) is 11.3 Å². The minimum Gasteiger partial charge on any atom is -0.460 e. The Labute approximate surface area is 105 Å². The summed E-state index contributed by atoms with van der Waals surface area (Å²) in [6.45, 7) is 2.65. The molecular formula is C13H16N2OS. The van der Waals surface area contributed by atoms with Crippen molar-refractivity contribution in [3.05, 3.63) is 28.3 Å². The number of nitrogens with two attached hydrogens (primary N) is 1. The van der Waals surface area contributed by atoms with E-state index in [1.807, 2.05) is 19.1 Å². The number of hydrogen-bond acceptors (Lipinski definition) is 4. The Morgan fingerprint density at radius 2 is 2.29 bits per heavy atom. The lowest BCUT2D eigenvalue weighted by Crippen LogP contribution is -2.41. The maximum absolute atomic E-state index is 5.90. The van der Waals surface area contributed by atoms with Gasteiger partial charge in [0.15, 0.2) is 5.76 Å². The minimum absolute atomic E-state index is 0.157. The molecule has 0 saturated heterocycles. The second kappa shape index (κ2) is 3.96. The third-order valence-corrected chi connectivity index (χ3v) is 4.74. The average Bonchev–Trinajstić information content (AvgIpc) is 2.86. The Bertz CT molecular complexity index is 520. The van der Waals surface area contributed by atoms with Gasteiger partial charge in [-0.1, -0.05) is 6.42 Å². The molecule has 0 unspecified atom stereocenters. The summed E-state index contributed by atoms with van der Waals surface area (Å²) in [5, 5.41) is 3.25. The maximum Gasteiger partial charge on any atom is 0.153 e. The van der Waals surface area contributed by atoms with Crippen LogP contribution >= 0.6 is 11.3 Å². The zero-order chi connectivity index (χ0) is 11.9. The van der Waals surface area contributed by atoms with Crippen molar-refractivity contribution in [1.29, 1.82) is 0 Å². The molecular weight excluding hydrogens is 232 g/mol. The van der Waals surface area contributed by atoms with Gasteiger partial charge in [0, 0.05) is 17.3 Å². The zero-order valence-electron chi connectivity index (χ0n) is 9.90. The molecule has 0 amide bonds. The van der Waals surface area contributed by atoms with Gasteiger partial charge >= 0.3 is 0 Å². The Kier molecular flexibility index (Phi) is 2.56. The minimum atomic E-state index is 0.157. The molecule has 1 fully saturated rings. The van der Waals surface area contributed by atoms with Crippen LogP contribution in [0.3, 0.4) is 0 Å². The quantitative estimate of drug-likeness (QED) is 0.908. The van der Waals surface area contributed by atoms with E-state index in [9.17, 15) is 0 Å². The molecule has 3 nitrogen and oxygen atoms in total. The van der Waals surface area contributed by atoms with Crippen LogP contribution in [0.2, 0.25) is 0 Å². The van der Waals surface area contributed by atoms with Crippen LogP contribution in [-0.2, 0) is 5.41 Å². The third kappa shape index (κ3) is 1.72. The molecule has 2 heterocycles. The molecule has 0 aliphatic heterocycles. The Hall–Kier alpha value is -1.13. The Morgan fingerprint density at radius 1 is 1.47 bits per heavy atom. The van der Waals surface area contributed by atoms with Gasteiger partial charge in [0.2, 0.25) is 0 Å². The lowest BCUT2D eigenvalue weighted by molar-refractivity contribution is 0.252. The van der Waals surface area contributed by atoms with E-state index in [0.29, 0.717) is 6.54 Å². The van der Waals surface area contributed by atoms with E-state index >= 15 is 0 Å². The van der Waals surface area contributed by atoms with Gasteiger partial charge in [0.05, 0.1) is 0 Å². The molecule has 90 valence electrons. The first-order valence-electron chi connectivity index (χ1n) is 5.96. The van der Waals surface area contributed by atoms with E-state index in [-0.39, 0.29) is 5.41 Å². The standard InChI is InChI=1S/C13H16N2OS/c1-9-3-4-11(16-9)10-7-17-12(15-10)13(8-14)5-2-6-13/h3-4,7H,2,5-6,8,14H2,1H3. The van der Waals surface area contributed by atoms with Gasteiger partial charge in [-0.05, 0) is 31.9 Å². The highest BCUT2D eigenvalue weighted by Gasteiger charge is 2.40. The highest BCUT2D eigenvalue weighted by molar-refractivity contribution is 7.10. The van der Waals surface area contributed by atoms with Crippen molar-refractivity contribution in [3.63, 3.8) is 0 Å². The van der Waals surface area contributed by atoms with Gasteiger partial charge < -0.3 is 10.2 Å². The smallest absolute Gasteiger partial charge is 0.153 e. The Balaban J connectivity index is 1.92. The van der Waals surface area contributed by atoms with E-state index in [2.05, 4.69) is 5.38 Å². The molecule has 0 aromatic carbocycles. The molecule has 4 heteroatoms. The lowest BCUT2D eigenvalue weighted by atomic mass is 9.69. The van der Waals surface area contributed by atoms with Crippen molar-refractivity contribution < 1.29 is 4.42 Å². The van der Waals surface area contributed by atoms with Crippen LogP contribution in [0.25, 0.3) is 11.5 Å². The fourth-order valence-corrected chi connectivity index (χ4v) is 3.39. The first-order chi connectivity index (χ1) is 8.23. The first-order valence-corrected chi connectivity index (χ1v) is 6.84. The number of aryl methyl sites for hydroxylation is 1. The van der Waals surface area contributed by atoms with Crippen molar-refractivity contribution in [3.8, 4) is 11.5 Å². The van der Waals surface area contributed by atoms with Gasteiger partial charge in [-0.25, -0.2) is 4.98 Å². The van der Waals surface area contributed by atoms with Crippen molar-refractivity contribution in [2.45, 2.75) is 31.6 Å². The summed E-state index contributed by atoms with van der Waals surface area (Å²) in [7, 11) is 0. The third-order valence-electron chi connectivity index (χ3n) is 3.65. The molecule has 3 rings (SSSR count). The van der Waals surface area contributed by atoms with Gasteiger partial charge in [-0.3, -0.25) is 0 Å². The fraction of sp³-hybridized carbons (Fsp3) is 0.462. The van der Waals surface area contributed by atoms with Crippen LogP contribution in [-0.4, -0.2) is 11.5 Å². The van der Waals surface area contributed by atoms with Crippen molar-refractivity contribution >= 4 is 11.3 Å². The highest BCUT2D eigenvalue weighted by atomic mass is 32.1. The number of nitrogens with zero attached hydrogens (tertiary/aromatic N) is 1. The van der Waals surface area contributed by atoms with E-state index in [1.54, 1.807) is 11.3 Å². The van der Waals surface area contributed by atoms with Crippen LogP contribution in [0.5, 0.6) is 0 Å².